The number of hydrogen-bond donors (Lipinski definition) is 1. The number of hydrogen-bond acceptors (Lipinski definition) is 2. The van der Waals surface area contributed by atoms with Gasteiger partial charge in [0.15, 0.2) is 0 Å². The minimum atomic E-state index is 0.827. The van der Waals surface area contributed by atoms with Crippen LogP contribution in [-0.4, -0.2) is 37.6 Å². The third kappa shape index (κ3) is 5.86. The summed E-state index contributed by atoms with van der Waals surface area (Å²) in [5, 5.41) is 3.55. The monoisotopic (exact) mass is 226 g/mol. The summed E-state index contributed by atoms with van der Waals surface area (Å²) in [6.45, 7) is 13.2. The Morgan fingerprint density at radius 1 is 1.31 bits per heavy atom. The van der Waals surface area contributed by atoms with Gasteiger partial charge in [0.05, 0.1) is 0 Å². The second-order valence-electron chi connectivity index (χ2n) is 5.68. The van der Waals surface area contributed by atoms with Crippen molar-refractivity contribution >= 4 is 0 Å². The Hall–Kier alpha value is -0.0800. The lowest BCUT2D eigenvalue weighted by Gasteiger charge is -2.16. The molecule has 1 rings (SSSR count). The minimum Gasteiger partial charge on any atom is -0.315 e. The van der Waals surface area contributed by atoms with Gasteiger partial charge in [-0.05, 0) is 44.2 Å². The highest BCUT2D eigenvalue weighted by Gasteiger charge is 2.20. The van der Waals surface area contributed by atoms with Gasteiger partial charge in [0.2, 0.25) is 0 Å². The topological polar surface area (TPSA) is 15.3 Å². The SMILES string of the molecule is CCCC1CCN(CCNCCC(C)C)C1. The van der Waals surface area contributed by atoms with E-state index in [1.807, 2.05) is 0 Å². The predicted octanol–water partition coefficient (Wildman–Crippen LogP) is 2.74. The van der Waals surface area contributed by atoms with Crippen molar-refractivity contribution in [2.75, 3.05) is 32.7 Å². The normalized spacial score (nSPS) is 22.1. The van der Waals surface area contributed by atoms with Crippen LogP contribution >= 0.6 is 0 Å². The standard InChI is InChI=1S/C14H30N2/c1-4-5-14-7-10-16(12-14)11-9-15-8-6-13(2)3/h13-15H,4-12H2,1-3H3. The van der Waals surface area contributed by atoms with Gasteiger partial charge in [0.25, 0.3) is 0 Å². The van der Waals surface area contributed by atoms with Crippen LogP contribution in [0.5, 0.6) is 0 Å². The van der Waals surface area contributed by atoms with Crippen LogP contribution in [0.1, 0.15) is 46.5 Å². The quantitative estimate of drug-likeness (QED) is 0.640. The average Bonchev–Trinajstić information content (AvgIpc) is 2.65. The van der Waals surface area contributed by atoms with Gasteiger partial charge in [-0.2, -0.15) is 0 Å². The molecule has 2 heteroatoms. The lowest BCUT2D eigenvalue weighted by Crippen LogP contribution is -2.31. The van der Waals surface area contributed by atoms with Gasteiger partial charge in [0, 0.05) is 19.6 Å². The van der Waals surface area contributed by atoms with Crippen molar-refractivity contribution in [3.63, 3.8) is 0 Å². The van der Waals surface area contributed by atoms with Gasteiger partial charge in [-0.3, -0.25) is 0 Å². The summed E-state index contributed by atoms with van der Waals surface area (Å²) < 4.78 is 0. The number of nitrogens with one attached hydrogen (secondary N) is 1. The maximum absolute atomic E-state index is 3.55. The third-order valence-corrected chi connectivity index (χ3v) is 3.57. The highest BCUT2D eigenvalue weighted by atomic mass is 15.2. The first-order valence-corrected chi connectivity index (χ1v) is 7.15. The van der Waals surface area contributed by atoms with Gasteiger partial charge in [-0.25, -0.2) is 0 Å². The Bertz CT molecular complexity index is 168. The zero-order chi connectivity index (χ0) is 11.8. The Morgan fingerprint density at radius 2 is 2.12 bits per heavy atom. The molecule has 1 unspecified atom stereocenters. The van der Waals surface area contributed by atoms with Crippen LogP contribution in [0, 0.1) is 11.8 Å². The lowest BCUT2D eigenvalue weighted by atomic mass is 10.0. The minimum absolute atomic E-state index is 0.827. The molecule has 1 atom stereocenters. The number of likely N-dealkylation sites (tertiary alicyclic amines) is 1. The molecule has 0 spiro atoms. The molecule has 1 fully saturated rings. The Balaban J connectivity index is 1.94. The summed E-state index contributed by atoms with van der Waals surface area (Å²) in [5.74, 6) is 1.81. The van der Waals surface area contributed by atoms with E-state index in [1.165, 1.54) is 58.4 Å². The first-order chi connectivity index (χ1) is 7.72. The molecule has 0 bridgehead atoms. The van der Waals surface area contributed by atoms with Crippen LogP contribution in [0.2, 0.25) is 0 Å². The van der Waals surface area contributed by atoms with E-state index in [0.29, 0.717) is 0 Å². The molecule has 16 heavy (non-hydrogen) atoms. The van der Waals surface area contributed by atoms with Gasteiger partial charge < -0.3 is 10.2 Å². The molecule has 0 aromatic heterocycles. The number of rotatable bonds is 8. The van der Waals surface area contributed by atoms with Crippen molar-refractivity contribution < 1.29 is 0 Å². The molecule has 1 aliphatic rings. The average molecular weight is 226 g/mol. The van der Waals surface area contributed by atoms with Crippen LogP contribution < -0.4 is 5.32 Å². The Kier molecular flexibility index (Phi) is 7.06. The largest absolute Gasteiger partial charge is 0.315 e. The molecule has 0 aromatic carbocycles. The summed E-state index contributed by atoms with van der Waals surface area (Å²) >= 11 is 0. The van der Waals surface area contributed by atoms with Gasteiger partial charge in [-0.15, -0.1) is 0 Å². The van der Waals surface area contributed by atoms with E-state index in [4.69, 9.17) is 0 Å². The zero-order valence-electron chi connectivity index (χ0n) is 11.5. The van der Waals surface area contributed by atoms with Gasteiger partial charge >= 0.3 is 0 Å². The molecule has 1 saturated heterocycles. The van der Waals surface area contributed by atoms with Crippen molar-refractivity contribution in [3.05, 3.63) is 0 Å². The molecule has 0 radical (unpaired) electrons. The van der Waals surface area contributed by atoms with Crippen molar-refractivity contribution in [1.29, 1.82) is 0 Å². The van der Waals surface area contributed by atoms with Crippen LogP contribution in [0.15, 0.2) is 0 Å². The van der Waals surface area contributed by atoms with Gasteiger partial charge in [0.1, 0.15) is 0 Å². The molecule has 1 N–H and O–H groups in total. The third-order valence-electron chi connectivity index (χ3n) is 3.57. The molecular formula is C14H30N2. The van der Waals surface area contributed by atoms with E-state index in [9.17, 15) is 0 Å². The Morgan fingerprint density at radius 3 is 2.81 bits per heavy atom. The van der Waals surface area contributed by atoms with E-state index in [1.54, 1.807) is 0 Å². The summed E-state index contributed by atoms with van der Waals surface area (Å²) in [6, 6.07) is 0. The fourth-order valence-corrected chi connectivity index (χ4v) is 2.51. The Labute approximate surface area is 102 Å². The molecule has 0 saturated carbocycles. The van der Waals surface area contributed by atoms with Crippen LogP contribution in [0.25, 0.3) is 0 Å². The first kappa shape index (κ1) is 14.0. The second kappa shape index (κ2) is 8.08. The molecule has 1 aliphatic heterocycles. The van der Waals surface area contributed by atoms with Crippen molar-refractivity contribution in [2.24, 2.45) is 11.8 Å². The van der Waals surface area contributed by atoms with E-state index in [2.05, 4.69) is 31.0 Å². The van der Waals surface area contributed by atoms with Crippen molar-refractivity contribution in [2.45, 2.75) is 46.5 Å². The lowest BCUT2D eigenvalue weighted by molar-refractivity contribution is 0.317. The fraction of sp³-hybridized carbons (Fsp3) is 1.00. The maximum atomic E-state index is 3.55. The van der Waals surface area contributed by atoms with Crippen molar-refractivity contribution in [1.82, 2.24) is 10.2 Å². The van der Waals surface area contributed by atoms with E-state index >= 15 is 0 Å². The molecular weight excluding hydrogens is 196 g/mol. The fourth-order valence-electron chi connectivity index (χ4n) is 2.51. The van der Waals surface area contributed by atoms with Crippen LogP contribution in [0.4, 0.5) is 0 Å². The van der Waals surface area contributed by atoms with E-state index in [-0.39, 0.29) is 0 Å². The highest BCUT2D eigenvalue weighted by Crippen LogP contribution is 2.19. The molecule has 0 aliphatic carbocycles. The molecule has 0 aromatic rings. The molecule has 1 heterocycles. The summed E-state index contributed by atoms with van der Waals surface area (Å²) in [7, 11) is 0. The van der Waals surface area contributed by atoms with Gasteiger partial charge in [-0.1, -0.05) is 27.2 Å². The molecule has 0 amide bonds. The maximum Gasteiger partial charge on any atom is 0.0107 e. The molecule has 96 valence electrons. The van der Waals surface area contributed by atoms with Crippen LogP contribution in [0.3, 0.4) is 0 Å². The number of nitrogens with zero attached hydrogens (tertiary/aromatic N) is 1. The summed E-state index contributed by atoms with van der Waals surface area (Å²) in [4.78, 5) is 2.63. The predicted molar refractivity (Wildman–Crippen MR) is 71.8 cm³/mol. The summed E-state index contributed by atoms with van der Waals surface area (Å²) in [6.07, 6.45) is 5.51. The summed E-state index contributed by atoms with van der Waals surface area (Å²) in [5.41, 5.74) is 0. The zero-order valence-corrected chi connectivity index (χ0v) is 11.5. The second-order valence-corrected chi connectivity index (χ2v) is 5.68. The highest BCUT2D eigenvalue weighted by molar-refractivity contribution is 4.75. The van der Waals surface area contributed by atoms with Crippen molar-refractivity contribution in [3.8, 4) is 0 Å². The van der Waals surface area contributed by atoms with Crippen LogP contribution in [-0.2, 0) is 0 Å². The molecule has 2 nitrogen and oxygen atoms in total. The van der Waals surface area contributed by atoms with E-state index < -0.39 is 0 Å². The smallest absolute Gasteiger partial charge is 0.0107 e. The van der Waals surface area contributed by atoms with E-state index in [0.717, 1.165) is 11.8 Å². The first-order valence-electron chi connectivity index (χ1n) is 7.15.